The molecule has 2 aliphatic carbocycles. The van der Waals surface area contributed by atoms with Gasteiger partial charge in [0.15, 0.2) is 11.5 Å². The maximum atomic E-state index is 14.3. The summed E-state index contributed by atoms with van der Waals surface area (Å²) in [5.74, 6) is 1.93. The van der Waals surface area contributed by atoms with Crippen molar-refractivity contribution >= 4 is 34.4 Å². The van der Waals surface area contributed by atoms with Crippen LogP contribution in [0, 0.1) is 21.3 Å². The van der Waals surface area contributed by atoms with E-state index in [1.165, 1.54) is 7.11 Å². The average molecular weight is 809 g/mol. The maximum absolute atomic E-state index is 14.3. The Hall–Kier alpha value is -2.91. The lowest BCUT2D eigenvalue weighted by molar-refractivity contribution is -0.148. The van der Waals surface area contributed by atoms with Gasteiger partial charge in [-0.25, -0.2) is 0 Å². The second kappa shape index (κ2) is 19.1. The van der Waals surface area contributed by atoms with E-state index >= 15 is 0 Å². The van der Waals surface area contributed by atoms with Gasteiger partial charge >= 0.3 is 0 Å². The van der Waals surface area contributed by atoms with Gasteiger partial charge in [0, 0.05) is 25.1 Å². The second-order valence-electron chi connectivity index (χ2n) is 13.6. The van der Waals surface area contributed by atoms with Crippen molar-refractivity contribution in [1.29, 1.82) is 0 Å². The van der Waals surface area contributed by atoms with Gasteiger partial charge in [-0.15, -0.1) is 0 Å². The molecule has 12 heteroatoms. The van der Waals surface area contributed by atoms with Gasteiger partial charge in [-0.05, 0) is 95.0 Å². The summed E-state index contributed by atoms with van der Waals surface area (Å²) in [4.78, 5) is 29.3. The minimum Gasteiger partial charge on any atom is -0.496 e. The minimum absolute atomic E-state index is 0.0460. The molecule has 50 heavy (non-hydrogen) atoms. The molecule has 276 valence electrons. The smallest absolute Gasteiger partial charge is 0.248 e. The highest BCUT2D eigenvalue weighted by molar-refractivity contribution is 14.1. The number of hydrogen-bond donors (Lipinski definition) is 4. The van der Waals surface area contributed by atoms with Gasteiger partial charge in [-0.1, -0.05) is 45.4 Å². The third-order valence-electron chi connectivity index (χ3n) is 9.86. The number of ether oxygens (including phenoxy) is 4. The van der Waals surface area contributed by atoms with E-state index in [1.807, 2.05) is 24.3 Å². The normalized spacial score (nSPS) is 23.6. The van der Waals surface area contributed by atoms with Crippen LogP contribution in [0.4, 0.5) is 0 Å². The van der Waals surface area contributed by atoms with Crippen LogP contribution in [0.2, 0.25) is 0 Å². The molecule has 0 aliphatic heterocycles. The third-order valence-corrected chi connectivity index (χ3v) is 10.7. The van der Waals surface area contributed by atoms with Crippen LogP contribution in [0.15, 0.2) is 48.0 Å². The summed E-state index contributed by atoms with van der Waals surface area (Å²) >= 11 is 2.08. The molecule has 0 aromatic heterocycles. The first-order chi connectivity index (χ1) is 24.0. The Labute approximate surface area is 309 Å². The number of halogens is 1. The lowest BCUT2D eigenvalue weighted by atomic mass is 9.75. The SMILES string of the molecule is COc1ccccc1CCN(C(=O)COC1CC(C)CCC1C(C)C)C1CC(C(=O)NCCO)=CC(Oc2c(I)cc(CO)cc2OC)C1O. The van der Waals surface area contributed by atoms with Gasteiger partial charge in [0.1, 0.15) is 24.6 Å². The van der Waals surface area contributed by atoms with Crippen molar-refractivity contribution in [3.05, 3.63) is 62.7 Å². The first-order valence-electron chi connectivity index (χ1n) is 17.5. The molecule has 0 heterocycles. The van der Waals surface area contributed by atoms with Crippen LogP contribution < -0.4 is 19.5 Å². The van der Waals surface area contributed by atoms with Crippen LogP contribution in [-0.2, 0) is 27.4 Å². The van der Waals surface area contributed by atoms with Crippen LogP contribution in [-0.4, -0.2) is 96.9 Å². The Bertz CT molecular complexity index is 1470. The molecule has 1 fully saturated rings. The summed E-state index contributed by atoms with van der Waals surface area (Å²) in [7, 11) is 3.09. The van der Waals surface area contributed by atoms with Crippen molar-refractivity contribution in [1.82, 2.24) is 10.2 Å². The van der Waals surface area contributed by atoms with E-state index in [0.29, 0.717) is 56.1 Å². The first-order valence-corrected chi connectivity index (χ1v) is 18.5. The van der Waals surface area contributed by atoms with E-state index in [-0.39, 0.29) is 51.3 Å². The van der Waals surface area contributed by atoms with E-state index in [1.54, 1.807) is 30.2 Å². The van der Waals surface area contributed by atoms with Crippen LogP contribution in [0.1, 0.15) is 57.6 Å². The molecule has 2 aliphatic rings. The Kier molecular flexibility index (Phi) is 15.2. The molecule has 6 atom stereocenters. The number of rotatable bonds is 16. The number of carbonyl (C=O) groups excluding carboxylic acids is 2. The van der Waals surface area contributed by atoms with E-state index in [4.69, 9.17) is 18.9 Å². The summed E-state index contributed by atoms with van der Waals surface area (Å²) in [6, 6.07) is 10.1. The molecule has 11 nitrogen and oxygen atoms in total. The fourth-order valence-electron chi connectivity index (χ4n) is 7.09. The number of methoxy groups -OCH3 is 2. The first kappa shape index (κ1) is 39.9. The average Bonchev–Trinajstić information content (AvgIpc) is 3.11. The van der Waals surface area contributed by atoms with Crippen molar-refractivity contribution in [2.24, 2.45) is 17.8 Å². The van der Waals surface area contributed by atoms with Gasteiger partial charge in [-0.2, -0.15) is 0 Å². The van der Waals surface area contributed by atoms with Gasteiger partial charge in [0.25, 0.3) is 0 Å². The largest absolute Gasteiger partial charge is 0.496 e. The van der Waals surface area contributed by atoms with Gasteiger partial charge < -0.3 is 44.5 Å². The maximum Gasteiger partial charge on any atom is 0.248 e. The molecule has 0 bridgehead atoms. The monoisotopic (exact) mass is 808 g/mol. The molecular weight excluding hydrogens is 755 g/mol. The predicted octanol–water partition coefficient (Wildman–Crippen LogP) is 4.26. The van der Waals surface area contributed by atoms with E-state index < -0.39 is 24.2 Å². The number of para-hydroxylation sites is 1. The molecule has 4 N–H and O–H groups in total. The summed E-state index contributed by atoms with van der Waals surface area (Å²) in [6.07, 6.45) is 2.80. The number of amides is 2. The summed E-state index contributed by atoms with van der Waals surface area (Å²) < 4.78 is 24.6. The molecule has 2 aromatic rings. The Morgan fingerprint density at radius 2 is 1.82 bits per heavy atom. The van der Waals surface area contributed by atoms with Crippen LogP contribution >= 0.6 is 22.6 Å². The zero-order chi connectivity index (χ0) is 36.4. The Balaban J connectivity index is 1.69. The third kappa shape index (κ3) is 10.1. The highest BCUT2D eigenvalue weighted by Crippen LogP contribution is 2.38. The predicted molar refractivity (Wildman–Crippen MR) is 198 cm³/mol. The number of nitrogens with one attached hydrogen (secondary N) is 1. The standard InChI is InChI=1S/C38H53IN2O9/c1-23(2)28-11-10-24(3)16-32(28)49-22-35(44)41(14-12-26-8-6-7-9-31(26)47-4)30-19-27(38(46)40-13-15-42)20-33(36(30)45)50-37-29(39)17-25(21-43)18-34(37)48-5/h6-9,17-18,20,23-24,28,30,32-33,36,42-43,45H,10-16,19,21-22H2,1-5H3,(H,40,46). The number of carbonyl (C=O) groups is 2. The van der Waals surface area contributed by atoms with Crippen LogP contribution in [0.25, 0.3) is 0 Å². The highest BCUT2D eigenvalue weighted by atomic mass is 127. The summed E-state index contributed by atoms with van der Waals surface area (Å²) in [5, 5.41) is 33.9. The number of hydrogen-bond acceptors (Lipinski definition) is 9. The number of nitrogens with zero attached hydrogens (tertiary/aromatic N) is 1. The zero-order valence-electron chi connectivity index (χ0n) is 29.8. The topological polar surface area (TPSA) is 147 Å². The van der Waals surface area contributed by atoms with E-state index in [2.05, 4.69) is 48.7 Å². The summed E-state index contributed by atoms with van der Waals surface area (Å²) in [5.41, 5.74) is 1.84. The van der Waals surface area contributed by atoms with Crippen molar-refractivity contribution in [2.45, 2.75) is 83.8 Å². The zero-order valence-corrected chi connectivity index (χ0v) is 31.9. The number of benzene rings is 2. The molecular formula is C38H53IN2O9. The van der Waals surface area contributed by atoms with Crippen molar-refractivity contribution < 1.29 is 43.9 Å². The van der Waals surface area contributed by atoms with Crippen LogP contribution in [0.3, 0.4) is 0 Å². The lowest BCUT2D eigenvalue weighted by Crippen LogP contribution is -2.56. The fraction of sp³-hybridized carbons (Fsp3) is 0.579. The molecule has 0 radical (unpaired) electrons. The van der Waals surface area contributed by atoms with Crippen LogP contribution in [0.5, 0.6) is 17.2 Å². The van der Waals surface area contributed by atoms with Crippen molar-refractivity contribution in [3.8, 4) is 17.2 Å². The molecule has 6 unspecified atom stereocenters. The van der Waals surface area contributed by atoms with Crippen molar-refractivity contribution in [3.63, 3.8) is 0 Å². The molecule has 2 amide bonds. The quantitative estimate of drug-likeness (QED) is 0.183. The van der Waals surface area contributed by atoms with E-state index in [0.717, 1.165) is 24.8 Å². The molecule has 0 saturated heterocycles. The Morgan fingerprint density at radius 1 is 1.08 bits per heavy atom. The number of aliphatic hydroxyl groups is 3. The van der Waals surface area contributed by atoms with Gasteiger partial charge in [0.05, 0.1) is 43.1 Å². The molecule has 2 aromatic carbocycles. The van der Waals surface area contributed by atoms with Gasteiger partial charge in [0.2, 0.25) is 11.8 Å². The minimum atomic E-state index is -1.23. The summed E-state index contributed by atoms with van der Waals surface area (Å²) in [6.45, 7) is 6.28. The molecule has 1 saturated carbocycles. The van der Waals surface area contributed by atoms with E-state index in [9.17, 15) is 24.9 Å². The van der Waals surface area contributed by atoms with Crippen molar-refractivity contribution in [2.75, 3.05) is 40.5 Å². The lowest BCUT2D eigenvalue weighted by Gasteiger charge is -2.41. The Morgan fingerprint density at radius 3 is 2.50 bits per heavy atom. The number of aliphatic hydroxyl groups excluding tert-OH is 3. The second-order valence-corrected chi connectivity index (χ2v) is 14.8. The fourth-order valence-corrected chi connectivity index (χ4v) is 7.88. The molecule has 4 rings (SSSR count). The van der Waals surface area contributed by atoms with Gasteiger partial charge in [-0.3, -0.25) is 9.59 Å². The molecule has 0 spiro atoms. The highest BCUT2D eigenvalue weighted by Gasteiger charge is 2.41.